The number of oxazole rings is 1. The second-order valence-corrected chi connectivity index (χ2v) is 8.37. The normalized spacial score (nSPS) is 14.0. The Balaban J connectivity index is 1.38. The molecule has 0 bridgehead atoms. The SMILES string of the molecule is O=C(CCc1nc2ccccc2o1)Nc1cccc(S(=O)(=O)NC2=NCCC2)c1. The Hall–Kier alpha value is -3.20. The first-order valence-corrected chi connectivity index (χ1v) is 10.8. The summed E-state index contributed by atoms with van der Waals surface area (Å²) in [5.74, 6) is 0.701. The second kappa shape index (κ2) is 8.04. The highest BCUT2D eigenvalue weighted by atomic mass is 32.2. The Morgan fingerprint density at radius 2 is 2.00 bits per heavy atom. The summed E-state index contributed by atoms with van der Waals surface area (Å²) in [6.45, 7) is 0.633. The first-order chi connectivity index (χ1) is 14.0. The van der Waals surface area contributed by atoms with Gasteiger partial charge in [0.15, 0.2) is 11.5 Å². The van der Waals surface area contributed by atoms with Crippen molar-refractivity contribution in [3.8, 4) is 0 Å². The van der Waals surface area contributed by atoms with Gasteiger partial charge in [0, 0.05) is 31.5 Å². The lowest BCUT2D eigenvalue weighted by Gasteiger charge is -2.10. The molecule has 2 heterocycles. The van der Waals surface area contributed by atoms with E-state index >= 15 is 0 Å². The van der Waals surface area contributed by atoms with Gasteiger partial charge in [-0.2, -0.15) is 0 Å². The van der Waals surface area contributed by atoms with Crippen LogP contribution in [-0.4, -0.2) is 31.7 Å². The van der Waals surface area contributed by atoms with Crippen LogP contribution >= 0.6 is 0 Å². The summed E-state index contributed by atoms with van der Waals surface area (Å²) in [6, 6.07) is 13.5. The fourth-order valence-electron chi connectivity index (χ4n) is 3.05. The van der Waals surface area contributed by atoms with E-state index in [1.54, 1.807) is 12.1 Å². The minimum absolute atomic E-state index is 0.0730. The summed E-state index contributed by atoms with van der Waals surface area (Å²) in [7, 11) is -3.73. The molecule has 0 radical (unpaired) electrons. The summed E-state index contributed by atoms with van der Waals surface area (Å²) in [6.07, 6.45) is 1.97. The van der Waals surface area contributed by atoms with E-state index in [9.17, 15) is 13.2 Å². The van der Waals surface area contributed by atoms with Gasteiger partial charge in [-0.15, -0.1) is 0 Å². The zero-order valence-electron chi connectivity index (χ0n) is 15.6. The number of rotatable bonds is 6. The van der Waals surface area contributed by atoms with Gasteiger partial charge >= 0.3 is 0 Å². The molecule has 8 nitrogen and oxygen atoms in total. The molecule has 2 N–H and O–H groups in total. The Bertz CT molecular complexity index is 1150. The van der Waals surface area contributed by atoms with Crippen LogP contribution in [0.3, 0.4) is 0 Å². The number of carbonyl (C=O) groups excluding carboxylic acids is 1. The first-order valence-electron chi connectivity index (χ1n) is 9.30. The zero-order chi connectivity index (χ0) is 20.3. The molecule has 2 aromatic carbocycles. The van der Waals surface area contributed by atoms with Crippen LogP contribution in [0.2, 0.25) is 0 Å². The lowest BCUT2D eigenvalue weighted by Crippen LogP contribution is -2.29. The highest BCUT2D eigenvalue weighted by molar-refractivity contribution is 7.90. The molecule has 1 aliphatic rings. The summed E-state index contributed by atoms with van der Waals surface area (Å²) in [4.78, 5) is 20.8. The third-order valence-electron chi connectivity index (χ3n) is 4.46. The molecule has 29 heavy (non-hydrogen) atoms. The van der Waals surface area contributed by atoms with Crippen LogP contribution in [0.15, 0.2) is 62.8 Å². The topological polar surface area (TPSA) is 114 Å². The van der Waals surface area contributed by atoms with Gasteiger partial charge in [0.05, 0.1) is 4.90 Å². The molecule has 150 valence electrons. The number of nitrogens with one attached hydrogen (secondary N) is 2. The third-order valence-corrected chi connectivity index (χ3v) is 5.84. The number of amides is 1. The van der Waals surface area contributed by atoms with Gasteiger partial charge in [0.25, 0.3) is 10.0 Å². The molecule has 0 spiro atoms. The molecule has 1 aliphatic heterocycles. The fraction of sp³-hybridized carbons (Fsp3) is 0.250. The van der Waals surface area contributed by atoms with E-state index in [4.69, 9.17) is 4.42 Å². The van der Waals surface area contributed by atoms with Crippen molar-refractivity contribution in [3.05, 3.63) is 54.4 Å². The maximum atomic E-state index is 12.5. The highest BCUT2D eigenvalue weighted by Gasteiger charge is 2.19. The van der Waals surface area contributed by atoms with E-state index in [2.05, 4.69) is 20.0 Å². The molecule has 1 aromatic heterocycles. The van der Waals surface area contributed by atoms with E-state index in [1.807, 2.05) is 24.3 Å². The number of aromatic nitrogens is 1. The molecule has 0 unspecified atom stereocenters. The molecule has 0 saturated carbocycles. The standard InChI is InChI=1S/C20H20N4O4S/c25-19(10-11-20-23-16-7-1-2-8-17(16)28-20)22-14-5-3-6-15(13-14)29(26,27)24-18-9-4-12-21-18/h1-3,5-8,13H,4,9-12H2,(H,21,24)(H,22,25). The lowest BCUT2D eigenvalue weighted by molar-refractivity contribution is -0.116. The van der Waals surface area contributed by atoms with Gasteiger partial charge in [0.2, 0.25) is 5.91 Å². The van der Waals surface area contributed by atoms with Crippen LogP contribution in [0, 0.1) is 0 Å². The number of anilines is 1. The maximum absolute atomic E-state index is 12.5. The minimum atomic E-state index is -3.73. The van der Waals surface area contributed by atoms with Crippen LogP contribution in [-0.2, 0) is 21.2 Å². The van der Waals surface area contributed by atoms with Crippen LogP contribution in [0.5, 0.6) is 0 Å². The van der Waals surface area contributed by atoms with Gasteiger partial charge < -0.3 is 9.73 Å². The monoisotopic (exact) mass is 412 g/mol. The number of fused-ring (bicyclic) bond motifs is 1. The number of aryl methyl sites for hydroxylation is 1. The van der Waals surface area contributed by atoms with Crippen molar-refractivity contribution in [3.63, 3.8) is 0 Å². The Morgan fingerprint density at radius 3 is 2.79 bits per heavy atom. The Kier molecular flexibility index (Phi) is 5.30. The summed E-state index contributed by atoms with van der Waals surface area (Å²) in [5, 5.41) is 2.72. The van der Waals surface area contributed by atoms with Crippen molar-refractivity contribution < 1.29 is 17.6 Å². The van der Waals surface area contributed by atoms with Crippen LogP contribution in [0.25, 0.3) is 11.1 Å². The Labute approximate surface area is 168 Å². The quantitative estimate of drug-likeness (QED) is 0.646. The summed E-state index contributed by atoms with van der Waals surface area (Å²) in [5.41, 5.74) is 1.84. The molecule has 3 aromatic rings. The number of aliphatic imine (C=N–C) groups is 1. The van der Waals surface area contributed by atoms with Crippen molar-refractivity contribution >= 4 is 38.6 Å². The molecule has 0 saturated heterocycles. The molecule has 9 heteroatoms. The van der Waals surface area contributed by atoms with Crippen molar-refractivity contribution in [2.24, 2.45) is 4.99 Å². The number of para-hydroxylation sites is 2. The predicted octanol–water partition coefficient (Wildman–Crippen LogP) is 2.87. The number of benzene rings is 2. The molecule has 0 fully saturated rings. The van der Waals surface area contributed by atoms with E-state index in [1.165, 1.54) is 12.1 Å². The van der Waals surface area contributed by atoms with Gasteiger partial charge in [-0.3, -0.25) is 14.5 Å². The predicted molar refractivity (Wildman–Crippen MR) is 109 cm³/mol. The van der Waals surface area contributed by atoms with Gasteiger partial charge in [-0.25, -0.2) is 13.4 Å². The van der Waals surface area contributed by atoms with Gasteiger partial charge in [-0.1, -0.05) is 18.2 Å². The van der Waals surface area contributed by atoms with E-state index < -0.39 is 10.0 Å². The third kappa shape index (κ3) is 4.62. The zero-order valence-corrected chi connectivity index (χ0v) is 16.4. The molecule has 0 aliphatic carbocycles. The lowest BCUT2D eigenvalue weighted by atomic mass is 10.2. The first kappa shape index (κ1) is 19.1. The number of hydrogen-bond donors (Lipinski definition) is 2. The smallest absolute Gasteiger partial charge is 0.262 e. The number of carbonyl (C=O) groups is 1. The fourth-order valence-corrected chi connectivity index (χ4v) is 4.18. The van der Waals surface area contributed by atoms with Crippen LogP contribution in [0.1, 0.15) is 25.2 Å². The molecular formula is C20H20N4O4S. The molecule has 4 rings (SSSR count). The van der Waals surface area contributed by atoms with Crippen molar-refractivity contribution in [1.29, 1.82) is 0 Å². The van der Waals surface area contributed by atoms with Gasteiger partial charge in [-0.05, 0) is 36.8 Å². The number of amidine groups is 1. The molecule has 0 atom stereocenters. The van der Waals surface area contributed by atoms with E-state index in [0.29, 0.717) is 42.4 Å². The summed E-state index contributed by atoms with van der Waals surface area (Å²) >= 11 is 0. The molecular weight excluding hydrogens is 392 g/mol. The minimum Gasteiger partial charge on any atom is -0.441 e. The summed E-state index contributed by atoms with van der Waals surface area (Å²) < 4.78 is 33.1. The maximum Gasteiger partial charge on any atom is 0.262 e. The van der Waals surface area contributed by atoms with Crippen molar-refractivity contribution in [2.45, 2.75) is 30.6 Å². The second-order valence-electron chi connectivity index (χ2n) is 6.69. The van der Waals surface area contributed by atoms with Crippen LogP contribution < -0.4 is 10.0 Å². The van der Waals surface area contributed by atoms with Crippen molar-refractivity contribution in [2.75, 3.05) is 11.9 Å². The number of sulfonamides is 1. The van der Waals surface area contributed by atoms with E-state index in [0.717, 1.165) is 11.9 Å². The van der Waals surface area contributed by atoms with E-state index in [-0.39, 0.29) is 17.2 Å². The van der Waals surface area contributed by atoms with Crippen LogP contribution in [0.4, 0.5) is 5.69 Å². The average molecular weight is 412 g/mol. The average Bonchev–Trinajstić information content (AvgIpc) is 3.35. The van der Waals surface area contributed by atoms with Crippen molar-refractivity contribution in [1.82, 2.24) is 9.71 Å². The van der Waals surface area contributed by atoms with Gasteiger partial charge in [0.1, 0.15) is 11.4 Å². The largest absolute Gasteiger partial charge is 0.441 e. The number of nitrogens with zero attached hydrogens (tertiary/aromatic N) is 2. The highest BCUT2D eigenvalue weighted by Crippen LogP contribution is 2.18. The molecule has 1 amide bonds. The Morgan fingerprint density at radius 1 is 1.14 bits per heavy atom. The number of hydrogen-bond acceptors (Lipinski definition) is 6.